The van der Waals surface area contributed by atoms with E-state index in [-0.39, 0.29) is 11.5 Å². The van der Waals surface area contributed by atoms with Crippen molar-refractivity contribution in [2.45, 2.75) is 12.6 Å². The summed E-state index contributed by atoms with van der Waals surface area (Å²) in [6.45, 7) is 5.62. The van der Waals surface area contributed by atoms with E-state index < -0.39 is 17.6 Å². The minimum atomic E-state index is -4.55. The summed E-state index contributed by atoms with van der Waals surface area (Å²) in [5, 5.41) is 9.99. The zero-order valence-electron chi connectivity index (χ0n) is 22.5. The van der Waals surface area contributed by atoms with Gasteiger partial charge in [-0.05, 0) is 56.4 Å². The summed E-state index contributed by atoms with van der Waals surface area (Å²) in [5.74, 6) is -0.927. The van der Waals surface area contributed by atoms with Gasteiger partial charge in [-0.2, -0.15) is 18.3 Å². The molecule has 0 aliphatic carbocycles. The second-order valence-corrected chi connectivity index (χ2v) is 9.99. The zero-order chi connectivity index (χ0) is 29.0. The number of piperazine rings is 1. The van der Waals surface area contributed by atoms with E-state index >= 15 is 0 Å². The van der Waals surface area contributed by atoms with E-state index in [4.69, 9.17) is 0 Å². The molecule has 41 heavy (non-hydrogen) atoms. The zero-order valence-corrected chi connectivity index (χ0v) is 22.5. The first-order chi connectivity index (χ1) is 19.7. The number of nitrogens with zero attached hydrogens (tertiary/aromatic N) is 5. The minimum absolute atomic E-state index is 0.109. The van der Waals surface area contributed by atoms with Crippen LogP contribution in [0.1, 0.15) is 32.7 Å². The molecule has 2 aromatic carbocycles. The Kier molecular flexibility index (Phi) is 8.31. The largest absolute Gasteiger partial charge is 0.416 e. The third-order valence-electron chi connectivity index (χ3n) is 7.05. The Morgan fingerprint density at radius 1 is 0.976 bits per heavy atom. The average Bonchev–Trinajstić information content (AvgIpc) is 3.40. The van der Waals surface area contributed by atoms with Crippen molar-refractivity contribution in [3.63, 3.8) is 0 Å². The highest BCUT2D eigenvalue weighted by Gasteiger charge is 2.31. The molecular formula is C29H30F3N7O2. The molecule has 1 aliphatic rings. The van der Waals surface area contributed by atoms with Crippen LogP contribution >= 0.6 is 0 Å². The fraction of sp³-hybridized carbons (Fsp3) is 0.310. The number of benzene rings is 2. The minimum Gasteiger partial charge on any atom is -0.352 e. The molecule has 2 amide bonds. The standard InChI is InChI=1S/C29H30F3N7O2/c1-37-13-15-38(16-14-37)12-4-10-34-28(41)24-19-35-39-25(9-11-33-26(24)39)20-5-3-8-23(18-20)36-27(40)21-6-2-7-22(17-21)29(30,31)32/h2-3,5-9,11,17-19H,4,10,12-16H2,1H3,(H,34,41)(H,36,40). The lowest BCUT2D eigenvalue weighted by Gasteiger charge is -2.32. The summed E-state index contributed by atoms with van der Waals surface area (Å²) in [5.41, 5.74) is 1.41. The number of rotatable bonds is 8. The maximum absolute atomic E-state index is 13.1. The molecule has 214 valence electrons. The van der Waals surface area contributed by atoms with E-state index in [9.17, 15) is 22.8 Å². The van der Waals surface area contributed by atoms with Crippen LogP contribution in [0.3, 0.4) is 0 Å². The predicted molar refractivity (Wildman–Crippen MR) is 149 cm³/mol. The predicted octanol–water partition coefficient (Wildman–Crippen LogP) is 4.03. The van der Waals surface area contributed by atoms with Crippen LogP contribution in [-0.4, -0.2) is 82.5 Å². The molecule has 0 spiro atoms. The molecule has 4 aromatic rings. The van der Waals surface area contributed by atoms with Crippen LogP contribution in [0.5, 0.6) is 0 Å². The van der Waals surface area contributed by atoms with Crippen molar-refractivity contribution < 1.29 is 22.8 Å². The van der Waals surface area contributed by atoms with Crippen molar-refractivity contribution in [3.8, 4) is 11.3 Å². The number of fused-ring (bicyclic) bond motifs is 1. The van der Waals surface area contributed by atoms with Gasteiger partial charge in [0.2, 0.25) is 0 Å². The summed E-state index contributed by atoms with van der Waals surface area (Å²) in [7, 11) is 2.12. The average molecular weight is 566 g/mol. The van der Waals surface area contributed by atoms with Gasteiger partial charge in [0, 0.05) is 55.7 Å². The molecule has 3 heterocycles. The lowest BCUT2D eigenvalue weighted by atomic mass is 10.1. The quantitative estimate of drug-likeness (QED) is 0.314. The van der Waals surface area contributed by atoms with Crippen LogP contribution in [0.4, 0.5) is 18.9 Å². The molecule has 0 unspecified atom stereocenters. The first-order valence-corrected chi connectivity index (χ1v) is 13.3. The van der Waals surface area contributed by atoms with E-state index in [2.05, 4.69) is 37.6 Å². The molecule has 5 rings (SSSR count). The van der Waals surface area contributed by atoms with Crippen LogP contribution in [0.25, 0.3) is 16.9 Å². The molecular weight excluding hydrogens is 535 g/mol. The number of anilines is 1. The van der Waals surface area contributed by atoms with E-state index in [0.29, 0.717) is 34.7 Å². The monoisotopic (exact) mass is 565 g/mol. The van der Waals surface area contributed by atoms with Crippen molar-refractivity contribution in [2.24, 2.45) is 0 Å². The van der Waals surface area contributed by atoms with Gasteiger partial charge in [-0.3, -0.25) is 9.59 Å². The van der Waals surface area contributed by atoms with Gasteiger partial charge in [0.25, 0.3) is 11.8 Å². The molecule has 1 aliphatic heterocycles. The van der Waals surface area contributed by atoms with Gasteiger partial charge in [-0.25, -0.2) is 9.50 Å². The number of halogens is 3. The van der Waals surface area contributed by atoms with Gasteiger partial charge in [-0.15, -0.1) is 0 Å². The Balaban J connectivity index is 1.26. The Morgan fingerprint density at radius 2 is 1.76 bits per heavy atom. The van der Waals surface area contributed by atoms with Crippen LogP contribution in [0.15, 0.2) is 67.0 Å². The summed E-state index contributed by atoms with van der Waals surface area (Å²) >= 11 is 0. The highest BCUT2D eigenvalue weighted by atomic mass is 19.4. The molecule has 0 bridgehead atoms. The second-order valence-electron chi connectivity index (χ2n) is 9.99. The van der Waals surface area contributed by atoms with E-state index in [1.54, 1.807) is 41.0 Å². The highest BCUT2D eigenvalue weighted by Crippen LogP contribution is 2.30. The lowest BCUT2D eigenvalue weighted by molar-refractivity contribution is -0.137. The normalized spacial score (nSPS) is 14.7. The molecule has 12 heteroatoms. The summed E-state index contributed by atoms with van der Waals surface area (Å²) < 4.78 is 40.7. The summed E-state index contributed by atoms with van der Waals surface area (Å²) in [6, 6.07) is 12.8. The number of carbonyl (C=O) groups excluding carboxylic acids is 2. The summed E-state index contributed by atoms with van der Waals surface area (Å²) in [4.78, 5) is 34.7. The maximum atomic E-state index is 13.1. The van der Waals surface area contributed by atoms with Crippen LogP contribution in [-0.2, 0) is 6.18 Å². The molecule has 0 saturated carbocycles. The van der Waals surface area contributed by atoms with Crippen molar-refractivity contribution in [3.05, 3.63) is 83.7 Å². The number of nitrogens with one attached hydrogen (secondary N) is 2. The number of amides is 2. The number of alkyl halides is 3. The fourth-order valence-corrected chi connectivity index (χ4v) is 4.74. The third-order valence-corrected chi connectivity index (χ3v) is 7.05. The van der Waals surface area contributed by atoms with E-state index in [1.807, 2.05) is 0 Å². The second kappa shape index (κ2) is 12.1. The van der Waals surface area contributed by atoms with Gasteiger partial charge < -0.3 is 20.4 Å². The smallest absolute Gasteiger partial charge is 0.352 e. The van der Waals surface area contributed by atoms with Gasteiger partial charge >= 0.3 is 6.18 Å². The third kappa shape index (κ3) is 6.72. The molecule has 9 nitrogen and oxygen atoms in total. The lowest BCUT2D eigenvalue weighted by Crippen LogP contribution is -2.45. The van der Waals surface area contributed by atoms with E-state index in [1.165, 1.54) is 18.3 Å². The van der Waals surface area contributed by atoms with E-state index in [0.717, 1.165) is 51.3 Å². The Hall–Kier alpha value is -4.29. The summed E-state index contributed by atoms with van der Waals surface area (Å²) in [6.07, 6.45) is -0.662. The van der Waals surface area contributed by atoms with Crippen molar-refractivity contribution in [2.75, 3.05) is 51.6 Å². The molecule has 1 fully saturated rings. The van der Waals surface area contributed by atoms with Crippen molar-refractivity contribution in [1.82, 2.24) is 29.7 Å². The first-order valence-electron chi connectivity index (χ1n) is 13.3. The fourth-order valence-electron chi connectivity index (χ4n) is 4.74. The molecule has 2 N–H and O–H groups in total. The van der Waals surface area contributed by atoms with Gasteiger partial charge in [0.05, 0.1) is 17.5 Å². The Morgan fingerprint density at radius 3 is 2.54 bits per heavy atom. The SMILES string of the molecule is CN1CCN(CCCNC(=O)c2cnn3c(-c4cccc(NC(=O)c5cccc(C(F)(F)F)c5)c4)ccnc23)CC1. The Labute approximate surface area is 235 Å². The van der Waals surface area contributed by atoms with Crippen molar-refractivity contribution in [1.29, 1.82) is 0 Å². The number of hydrogen-bond donors (Lipinski definition) is 2. The number of carbonyl (C=O) groups is 2. The number of aromatic nitrogens is 3. The van der Waals surface area contributed by atoms with Crippen LogP contribution in [0.2, 0.25) is 0 Å². The molecule has 2 aromatic heterocycles. The topological polar surface area (TPSA) is 94.9 Å². The van der Waals surface area contributed by atoms with Gasteiger partial charge in [0.15, 0.2) is 5.65 Å². The van der Waals surface area contributed by atoms with Crippen LogP contribution < -0.4 is 10.6 Å². The van der Waals surface area contributed by atoms with Crippen LogP contribution in [0, 0.1) is 0 Å². The number of hydrogen-bond acceptors (Lipinski definition) is 6. The van der Waals surface area contributed by atoms with Crippen molar-refractivity contribution >= 4 is 23.1 Å². The first kappa shape index (κ1) is 28.2. The highest BCUT2D eigenvalue weighted by molar-refractivity contribution is 6.04. The molecule has 0 radical (unpaired) electrons. The Bertz CT molecular complexity index is 1540. The number of likely N-dealkylation sites (N-methyl/N-ethyl adjacent to an activating group) is 1. The molecule has 0 atom stereocenters. The maximum Gasteiger partial charge on any atom is 0.416 e. The van der Waals surface area contributed by atoms with Gasteiger partial charge in [0.1, 0.15) is 5.56 Å². The van der Waals surface area contributed by atoms with Gasteiger partial charge in [-0.1, -0.05) is 18.2 Å². The molecule has 1 saturated heterocycles.